The smallest absolute Gasteiger partial charge is 0.0562 e. The predicted octanol–water partition coefficient (Wildman–Crippen LogP) is 2.64. The van der Waals surface area contributed by atoms with Crippen molar-refractivity contribution >= 4 is 9.47 Å². The molecule has 2 atom stereocenters. The van der Waals surface area contributed by atoms with Crippen molar-refractivity contribution < 1.29 is 4.52 Å². The molecule has 0 spiro atoms. The second-order valence-electron chi connectivity index (χ2n) is 2.94. The highest BCUT2D eigenvalue weighted by Crippen LogP contribution is 2.03. The first-order valence-corrected chi connectivity index (χ1v) is 4.14. The molecule has 10 heavy (non-hydrogen) atoms. The lowest BCUT2D eigenvalue weighted by molar-refractivity contribution is 0.330. The normalized spacial score (nSPS) is 14.9. The third-order valence-corrected chi connectivity index (χ3v) is 1.38. The van der Waals surface area contributed by atoms with E-state index in [0.717, 1.165) is 6.61 Å². The van der Waals surface area contributed by atoms with Gasteiger partial charge in [0.15, 0.2) is 0 Å². The number of allylic oxidation sites excluding steroid dienone is 1. The van der Waals surface area contributed by atoms with E-state index in [1.165, 1.54) is 0 Å². The Morgan fingerprint density at radius 3 is 2.30 bits per heavy atom. The zero-order valence-corrected chi connectivity index (χ0v) is 8.16. The van der Waals surface area contributed by atoms with Gasteiger partial charge >= 0.3 is 0 Å². The van der Waals surface area contributed by atoms with E-state index in [0.29, 0.717) is 11.8 Å². The fraction of sp³-hybridized carbons (Fsp3) is 0.750. The van der Waals surface area contributed by atoms with Crippen LogP contribution in [0.3, 0.4) is 0 Å². The molecular weight excluding hydrogens is 143 g/mol. The van der Waals surface area contributed by atoms with Crippen molar-refractivity contribution in [2.75, 3.05) is 6.61 Å². The molecule has 0 aliphatic carbocycles. The van der Waals surface area contributed by atoms with Crippen LogP contribution in [0.2, 0.25) is 0 Å². The van der Waals surface area contributed by atoms with Gasteiger partial charge in [0.2, 0.25) is 0 Å². The lowest BCUT2D eigenvalue weighted by atomic mass is 10.1. The molecule has 0 radical (unpaired) electrons. The molecule has 0 aromatic rings. The summed E-state index contributed by atoms with van der Waals surface area (Å²) in [7, 11) is 2.26. The summed E-state index contributed by atoms with van der Waals surface area (Å²) in [5.74, 6) is 1.17. The van der Waals surface area contributed by atoms with Crippen LogP contribution < -0.4 is 0 Å². The summed E-state index contributed by atoms with van der Waals surface area (Å²) >= 11 is 0. The molecule has 0 aromatic heterocycles. The minimum Gasteiger partial charge on any atom is -0.365 e. The van der Waals surface area contributed by atoms with Gasteiger partial charge < -0.3 is 4.52 Å². The van der Waals surface area contributed by atoms with Crippen LogP contribution in [0.1, 0.15) is 20.8 Å². The first-order chi connectivity index (χ1) is 4.66. The lowest BCUT2D eigenvalue weighted by Crippen LogP contribution is -1.96. The maximum absolute atomic E-state index is 4.90. The second kappa shape index (κ2) is 5.88. The van der Waals surface area contributed by atoms with Crippen molar-refractivity contribution in [3.05, 3.63) is 12.2 Å². The van der Waals surface area contributed by atoms with Gasteiger partial charge in [0, 0.05) is 9.47 Å². The van der Waals surface area contributed by atoms with Crippen LogP contribution in [0.15, 0.2) is 12.2 Å². The molecule has 0 aromatic carbocycles. The van der Waals surface area contributed by atoms with Gasteiger partial charge in [0.1, 0.15) is 0 Å². The molecule has 60 valence electrons. The summed E-state index contributed by atoms with van der Waals surface area (Å²) < 4.78 is 4.90. The monoisotopic (exact) mass is 160 g/mol. The van der Waals surface area contributed by atoms with E-state index in [9.17, 15) is 0 Å². The number of rotatable bonds is 4. The Balaban J connectivity index is 3.45. The van der Waals surface area contributed by atoms with Crippen LogP contribution >= 0.6 is 9.47 Å². The quantitative estimate of drug-likeness (QED) is 0.453. The third kappa shape index (κ3) is 6.25. The molecule has 0 heterocycles. The molecule has 0 N–H and O–H groups in total. The zero-order valence-electron chi connectivity index (χ0n) is 7.00. The van der Waals surface area contributed by atoms with Crippen LogP contribution in [0.25, 0.3) is 0 Å². The van der Waals surface area contributed by atoms with Crippen LogP contribution in [0, 0.1) is 11.8 Å². The summed E-state index contributed by atoms with van der Waals surface area (Å²) in [6.07, 6.45) is 4.39. The van der Waals surface area contributed by atoms with E-state index in [1.54, 1.807) is 0 Å². The Morgan fingerprint density at radius 2 is 1.90 bits per heavy atom. The molecule has 0 aliphatic rings. The topological polar surface area (TPSA) is 9.23 Å². The van der Waals surface area contributed by atoms with E-state index in [-0.39, 0.29) is 0 Å². The average Bonchev–Trinajstić information content (AvgIpc) is 1.85. The second-order valence-corrected chi connectivity index (χ2v) is 3.27. The summed E-state index contributed by atoms with van der Waals surface area (Å²) in [4.78, 5) is 0. The summed E-state index contributed by atoms with van der Waals surface area (Å²) in [5, 5.41) is 0. The summed E-state index contributed by atoms with van der Waals surface area (Å²) in [6.45, 7) is 7.27. The number of hydrogen-bond donors (Lipinski definition) is 0. The molecular formula is C8H17OP. The van der Waals surface area contributed by atoms with Gasteiger partial charge in [-0.2, -0.15) is 0 Å². The summed E-state index contributed by atoms with van der Waals surface area (Å²) in [5.41, 5.74) is 0. The van der Waals surface area contributed by atoms with Crippen molar-refractivity contribution in [1.29, 1.82) is 0 Å². The van der Waals surface area contributed by atoms with Gasteiger partial charge in [0.05, 0.1) is 6.61 Å². The van der Waals surface area contributed by atoms with E-state index in [2.05, 4.69) is 42.4 Å². The Hall–Kier alpha value is 0.130. The zero-order chi connectivity index (χ0) is 7.98. The molecule has 2 heteroatoms. The van der Waals surface area contributed by atoms with Gasteiger partial charge in [-0.1, -0.05) is 32.9 Å². The fourth-order valence-electron chi connectivity index (χ4n) is 0.619. The fourth-order valence-corrected chi connectivity index (χ4v) is 0.923. The highest BCUT2D eigenvalue weighted by atomic mass is 31.0. The molecule has 0 saturated carbocycles. The van der Waals surface area contributed by atoms with Crippen LogP contribution in [-0.2, 0) is 4.52 Å². The Labute approximate surface area is 66.1 Å². The highest BCUT2D eigenvalue weighted by Gasteiger charge is 1.94. The average molecular weight is 160 g/mol. The van der Waals surface area contributed by atoms with Gasteiger partial charge in [-0.25, -0.2) is 0 Å². The van der Waals surface area contributed by atoms with Gasteiger partial charge in [-0.15, -0.1) is 0 Å². The van der Waals surface area contributed by atoms with Crippen molar-refractivity contribution in [2.24, 2.45) is 11.8 Å². The Morgan fingerprint density at radius 1 is 1.30 bits per heavy atom. The molecule has 0 saturated heterocycles. The first-order valence-electron chi connectivity index (χ1n) is 3.66. The SMILES string of the molecule is CC(C)/C=C\C(C)COP. The molecule has 2 unspecified atom stereocenters. The maximum Gasteiger partial charge on any atom is 0.0562 e. The molecule has 0 bridgehead atoms. The van der Waals surface area contributed by atoms with Crippen molar-refractivity contribution in [3.8, 4) is 0 Å². The Bertz CT molecular complexity index is 99.4. The lowest BCUT2D eigenvalue weighted by Gasteiger charge is -2.03. The van der Waals surface area contributed by atoms with Crippen molar-refractivity contribution in [2.45, 2.75) is 20.8 Å². The summed E-state index contributed by atoms with van der Waals surface area (Å²) in [6, 6.07) is 0. The van der Waals surface area contributed by atoms with Crippen molar-refractivity contribution in [1.82, 2.24) is 0 Å². The van der Waals surface area contributed by atoms with Crippen LogP contribution in [0.4, 0.5) is 0 Å². The van der Waals surface area contributed by atoms with Crippen molar-refractivity contribution in [3.63, 3.8) is 0 Å². The van der Waals surface area contributed by atoms with Crippen LogP contribution in [-0.4, -0.2) is 6.61 Å². The predicted molar refractivity (Wildman–Crippen MR) is 48.8 cm³/mol. The van der Waals surface area contributed by atoms with E-state index >= 15 is 0 Å². The first kappa shape index (κ1) is 10.1. The van der Waals surface area contributed by atoms with Gasteiger partial charge in [-0.05, 0) is 11.8 Å². The van der Waals surface area contributed by atoms with Gasteiger partial charge in [0.25, 0.3) is 0 Å². The minimum absolute atomic E-state index is 0.528. The highest BCUT2D eigenvalue weighted by molar-refractivity contribution is 7.09. The molecule has 0 aliphatic heterocycles. The van der Waals surface area contributed by atoms with E-state index in [4.69, 9.17) is 4.52 Å². The largest absolute Gasteiger partial charge is 0.365 e. The Kier molecular flexibility index (Phi) is 5.96. The minimum atomic E-state index is 0.528. The van der Waals surface area contributed by atoms with Gasteiger partial charge in [-0.3, -0.25) is 0 Å². The third-order valence-electron chi connectivity index (χ3n) is 1.18. The van der Waals surface area contributed by atoms with E-state index < -0.39 is 0 Å². The molecule has 0 amide bonds. The maximum atomic E-state index is 4.90. The molecule has 0 fully saturated rings. The van der Waals surface area contributed by atoms with E-state index in [1.807, 2.05) is 0 Å². The molecule has 1 nitrogen and oxygen atoms in total. The number of hydrogen-bond acceptors (Lipinski definition) is 1. The van der Waals surface area contributed by atoms with Crippen LogP contribution in [0.5, 0.6) is 0 Å². The molecule has 0 rings (SSSR count). The standard InChI is InChI=1S/C8H17OP/c1-7(2)4-5-8(3)6-9-10/h4-5,7-8H,6,10H2,1-3H3/b5-4-.